The van der Waals surface area contributed by atoms with Crippen molar-refractivity contribution in [2.45, 2.75) is 12.4 Å². The first-order valence-electron chi connectivity index (χ1n) is 19.0. The predicted octanol–water partition coefficient (Wildman–Crippen LogP) is 13.5. The van der Waals surface area contributed by atoms with Crippen LogP contribution in [0.1, 0.15) is 16.7 Å². The van der Waals surface area contributed by atoms with Gasteiger partial charge in [0.25, 0.3) is 0 Å². The second-order valence-electron chi connectivity index (χ2n) is 14.5. The number of fused-ring (bicyclic) bond motifs is 6. The number of alkyl halides is 6. The molecule has 0 aliphatic heterocycles. The van der Waals surface area contributed by atoms with Gasteiger partial charge in [0.05, 0.1) is 62.8 Å². The molecule has 298 valence electrons. The zero-order chi connectivity index (χ0) is 42.9. The Bertz CT molecular complexity index is 3320. The zero-order valence-corrected chi connectivity index (χ0v) is 31.8. The Labute approximate surface area is 347 Å². The molecular formula is C49H25F6N7. The molecule has 0 amide bonds. The fourth-order valence-electron chi connectivity index (χ4n) is 8.09. The maximum Gasteiger partial charge on any atom is 0.416 e. The summed E-state index contributed by atoms with van der Waals surface area (Å²) in [7, 11) is 0. The average Bonchev–Trinajstić information content (AvgIpc) is 3.80. The summed E-state index contributed by atoms with van der Waals surface area (Å²) in [5.41, 5.74) is 2.25. The molecule has 0 spiro atoms. The molecule has 3 aromatic heterocycles. The Kier molecular flexibility index (Phi) is 8.68. The molecule has 0 aliphatic carbocycles. The third kappa shape index (κ3) is 6.26. The average molecular weight is 826 g/mol. The minimum Gasteiger partial charge on any atom is -0.309 e. The summed E-state index contributed by atoms with van der Waals surface area (Å²) in [4.78, 5) is 18.5. The van der Waals surface area contributed by atoms with E-state index < -0.39 is 23.5 Å². The van der Waals surface area contributed by atoms with Gasteiger partial charge in [0, 0.05) is 38.2 Å². The molecule has 7 aromatic carbocycles. The minimum atomic E-state index is -4.64. The van der Waals surface area contributed by atoms with E-state index in [1.807, 2.05) is 18.2 Å². The molecule has 62 heavy (non-hydrogen) atoms. The van der Waals surface area contributed by atoms with Gasteiger partial charge in [0.15, 0.2) is 23.2 Å². The van der Waals surface area contributed by atoms with Gasteiger partial charge in [0.1, 0.15) is 0 Å². The topological polar surface area (TPSA) is 76.7 Å². The second-order valence-corrected chi connectivity index (χ2v) is 14.5. The van der Waals surface area contributed by atoms with Crippen LogP contribution in [-0.2, 0) is 12.4 Å². The van der Waals surface area contributed by atoms with Crippen molar-refractivity contribution in [3.63, 3.8) is 0 Å². The highest BCUT2D eigenvalue weighted by molar-refractivity contribution is 6.11. The van der Waals surface area contributed by atoms with E-state index in [0.29, 0.717) is 49.5 Å². The van der Waals surface area contributed by atoms with Crippen LogP contribution in [-0.4, -0.2) is 24.1 Å². The van der Waals surface area contributed by atoms with Gasteiger partial charge >= 0.3 is 12.4 Å². The van der Waals surface area contributed by atoms with Crippen molar-refractivity contribution in [1.29, 1.82) is 5.26 Å². The fraction of sp³-hybridized carbons (Fsp3) is 0.0408. The first-order valence-corrected chi connectivity index (χ1v) is 19.0. The molecule has 0 radical (unpaired) electrons. The van der Waals surface area contributed by atoms with E-state index in [4.69, 9.17) is 21.5 Å². The lowest BCUT2D eigenvalue weighted by molar-refractivity contribution is -0.138. The summed E-state index contributed by atoms with van der Waals surface area (Å²) in [6.07, 6.45) is -9.28. The molecule has 10 aromatic rings. The van der Waals surface area contributed by atoms with Crippen molar-refractivity contribution >= 4 is 49.3 Å². The summed E-state index contributed by atoms with van der Waals surface area (Å²) < 4.78 is 88.9. The van der Waals surface area contributed by atoms with E-state index >= 15 is 0 Å². The van der Waals surface area contributed by atoms with Crippen molar-refractivity contribution < 1.29 is 26.3 Å². The molecule has 0 saturated carbocycles. The molecule has 0 aliphatic rings. The number of rotatable bonds is 5. The van der Waals surface area contributed by atoms with Crippen LogP contribution < -0.4 is 0 Å². The lowest BCUT2D eigenvalue weighted by Gasteiger charge is -2.17. The van der Waals surface area contributed by atoms with Crippen molar-refractivity contribution in [2.24, 2.45) is 0 Å². The predicted molar refractivity (Wildman–Crippen MR) is 226 cm³/mol. The standard InChI is InChI=1S/C49H25F6N7/c1-57-32-18-22-42(62-40-14-8-6-12-34(40)36-20-17-31(25-44(36)62)49(53,54)55)38(26-32)47-59-45(29-9-3-2-4-10-29)58-46(60-47)37-23-28(27-56)15-21-41(37)61-39-13-7-5-11-33(39)35-19-16-30(24-43(35)61)48(50,51)52/h2-26H. The van der Waals surface area contributed by atoms with Gasteiger partial charge in [-0.1, -0.05) is 84.9 Å². The maximum atomic E-state index is 14.3. The Balaban J connectivity index is 1.29. The summed E-state index contributed by atoms with van der Waals surface area (Å²) in [6, 6.07) is 42.1. The number of para-hydroxylation sites is 2. The normalized spacial score (nSPS) is 12.0. The second kappa shape index (κ2) is 14.2. The Morgan fingerprint density at radius 3 is 1.47 bits per heavy atom. The molecule has 13 heteroatoms. The summed E-state index contributed by atoms with van der Waals surface area (Å²) >= 11 is 0. The maximum absolute atomic E-state index is 14.3. The molecule has 0 N–H and O–H groups in total. The van der Waals surface area contributed by atoms with Crippen LogP contribution in [0.25, 0.3) is 94.0 Å². The van der Waals surface area contributed by atoms with Crippen molar-refractivity contribution in [1.82, 2.24) is 24.1 Å². The fourth-order valence-corrected chi connectivity index (χ4v) is 8.09. The van der Waals surface area contributed by atoms with Crippen LogP contribution in [0.5, 0.6) is 0 Å². The van der Waals surface area contributed by atoms with Crippen molar-refractivity contribution in [3.05, 3.63) is 180 Å². The summed E-state index contributed by atoms with van der Waals surface area (Å²) in [5.74, 6) is 0.267. The van der Waals surface area contributed by atoms with Crippen molar-refractivity contribution in [2.75, 3.05) is 0 Å². The van der Waals surface area contributed by atoms with E-state index in [9.17, 15) is 31.6 Å². The number of hydrogen-bond acceptors (Lipinski definition) is 4. The molecule has 0 bridgehead atoms. The van der Waals surface area contributed by atoms with Gasteiger partial charge in [-0.05, 0) is 66.7 Å². The van der Waals surface area contributed by atoms with E-state index in [0.717, 1.165) is 24.3 Å². The first kappa shape index (κ1) is 37.9. The van der Waals surface area contributed by atoms with Crippen molar-refractivity contribution in [3.8, 4) is 51.6 Å². The van der Waals surface area contributed by atoms with Crippen LogP contribution in [0.4, 0.5) is 32.0 Å². The minimum absolute atomic E-state index is 0.0413. The van der Waals surface area contributed by atoms with E-state index in [1.165, 1.54) is 12.1 Å². The number of benzene rings is 7. The van der Waals surface area contributed by atoms with Gasteiger partial charge in [-0.15, -0.1) is 0 Å². The van der Waals surface area contributed by atoms with Crippen LogP contribution >= 0.6 is 0 Å². The molecule has 0 saturated heterocycles. The number of nitrogens with zero attached hydrogens (tertiary/aromatic N) is 7. The Morgan fingerprint density at radius 2 is 0.952 bits per heavy atom. The van der Waals surface area contributed by atoms with Crippen LogP contribution in [0, 0.1) is 17.9 Å². The largest absolute Gasteiger partial charge is 0.416 e. The highest BCUT2D eigenvalue weighted by Gasteiger charge is 2.33. The van der Waals surface area contributed by atoms with Crippen LogP contribution in [0.2, 0.25) is 0 Å². The van der Waals surface area contributed by atoms with Gasteiger partial charge < -0.3 is 9.13 Å². The van der Waals surface area contributed by atoms with Crippen LogP contribution in [0.15, 0.2) is 152 Å². The van der Waals surface area contributed by atoms with Gasteiger partial charge in [-0.3, -0.25) is 0 Å². The lowest BCUT2D eigenvalue weighted by Crippen LogP contribution is -2.07. The molecule has 3 heterocycles. The highest BCUT2D eigenvalue weighted by atomic mass is 19.4. The summed E-state index contributed by atoms with van der Waals surface area (Å²) in [6.45, 7) is 7.94. The molecule has 10 rings (SSSR count). The first-order chi connectivity index (χ1) is 29.9. The third-order valence-corrected chi connectivity index (χ3v) is 10.9. The van der Waals surface area contributed by atoms with Gasteiger partial charge in [0.2, 0.25) is 0 Å². The molecule has 0 fully saturated rings. The van der Waals surface area contributed by atoms with E-state index in [-0.39, 0.29) is 50.9 Å². The monoisotopic (exact) mass is 825 g/mol. The molecule has 7 nitrogen and oxygen atoms in total. The van der Waals surface area contributed by atoms with E-state index in [1.54, 1.807) is 106 Å². The Hall–Kier alpha value is -8.29. The smallest absolute Gasteiger partial charge is 0.309 e. The number of hydrogen-bond donors (Lipinski definition) is 0. The van der Waals surface area contributed by atoms with Gasteiger partial charge in [-0.2, -0.15) is 31.6 Å². The Morgan fingerprint density at radius 1 is 0.484 bits per heavy atom. The number of halogens is 6. The van der Waals surface area contributed by atoms with E-state index in [2.05, 4.69) is 10.9 Å². The van der Waals surface area contributed by atoms with Crippen LogP contribution in [0.3, 0.4) is 0 Å². The SMILES string of the molecule is [C-]#[N+]c1ccc(-n2c3ccccc3c3ccc(C(F)(F)F)cc32)c(-c2nc(-c3ccccc3)nc(-c3cc(C#N)ccc3-n3c4ccccc4c4ccc(C(F)(F)F)cc43)n2)c1. The quantitative estimate of drug-likeness (QED) is 0.128. The zero-order valence-electron chi connectivity index (χ0n) is 31.8. The summed E-state index contributed by atoms with van der Waals surface area (Å²) in [5, 5.41) is 12.7. The highest BCUT2D eigenvalue weighted by Crippen LogP contribution is 2.42. The molecular weight excluding hydrogens is 801 g/mol. The molecule has 0 atom stereocenters. The third-order valence-electron chi connectivity index (χ3n) is 10.9. The lowest BCUT2D eigenvalue weighted by atomic mass is 10.1. The molecule has 0 unspecified atom stereocenters. The number of aromatic nitrogens is 5. The number of nitriles is 1. The van der Waals surface area contributed by atoms with Gasteiger partial charge in [-0.25, -0.2) is 19.8 Å².